The van der Waals surface area contributed by atoms with Gasteiger partial charge in [0.2, 0.25) is 0 Å². The van der Waals surface area contributed by atoms with Crippen LogP contribution in [0.3, 0.4) is 0 Å². The normalized spacial score (nSPS) is 10.7. The fraction of sp³-hybridized carbons (Fsp3) is 0.231. The summed E-state index contributed by atoms with van der Waals surface area (Å²) in [4.78, 5) is 0. The first-order chi connectivity index (χ1) is 7.42. The number of benzene rings is 2. The molecule has 1 N–H and O–H groups in total. The van der Waals surface area contributed by atoms with Crippen LogP contribution in [0.25, 0.3) is 10.8 Å². The fourth-order valence-electron chi connectivity index (χ4n) is 1.74. The van der Waals surface area contributed by atoms with E-state index in [1.54, 1.807) is 0 Å². The van der Waals surface area contributed by atoms with Crippen LogP contribution in [-0.4, -0.2) is 11.0 Å². The quantitative estimate of drug-likeness (QED) is 0.519. The lowest BCUT2D eigenvalue weighted by Gasteiger charge is -2.06. The molecule has 0 aliphatic heterocycles. The smallest absolute Gasteiger partial charge is 0.0211 e. The Labute approximate surface area is 104 Å². The van der Waals surface area contributed by atoms with Gasteiger partial charge in [-0.05, 0) is 16.3 Å². The summed E-state index contributed by atoms with van der Waals surface area (Å²) in [6.07, 6.45) is 0. The highest BCUT2D eigenvalue weighted by Gasteiger charge is 1.98. The van der Waals surface area contributed by atoms with Gasteiger partial charge >= 0.3 is 0 Å². The monoisotopic (exact) mass is 311 g/mol. The van der Waals surface area contributed by atoms with Crippen LogP contribution in [0.5, 0.6) is 0 Å². The third-order valence-electron chi connectivity index (χ3n) is 2.47. The number of fused-ring (bicyclic) bond motifs is 1. The molecule has 78 valence electrons. The van der Waals surface area contributed by atoms with Crippen LogP contribution in [0.2, 0.25) is 0 Å². The molecule has 2 aromatic rings. The van der Waals surface area contributed by atoms with Crippen LogP contribution in [0.1, 0.15) is 5.56 Å². The van der Waals surface area contributed by atoms with E-state index in [4.69, 9.17) is 0 Å². The van der Waals surface area contributed by atoms with E-state index < -0.39 is 0 Å². The van der Waals surface area contributed by atoms with Crippen molar-refractivity contribution in [2.24, 2.45) is 0 Å². The zero-order chi connectivity index (χ0) is 10.5. The Morgan fingerprint density at radius 1 is 1.00 bits per heavy atom. The summed E-state index contributed by atoms with van der Waals surface area (Å²) >= 11 is 2.39. The molecule has 0 aromatic heterocycles. The molecule has 0 aliphatic rings. The Morgan fingerprint density at radius 2 is 1.80 bits per heavy atom. The first-order valence-electron chi connectivity index (χ1n) is 5.15. The van der Waals surface area contributed by atoms with Crippen molar-refractivity contribution >= 4 is 33.4 Å². The molecule has 15 heavy (non-hydrogen) atoms. The molecule has 2 rings (SSSR count). The maximum absolute atomic E-state index is 3.44. The molecule has 0 amide bonds. The number of hydrogen-bond acceptors (Lipinski definition) is 1. The van der Waals surface area contributed by atoms with Gasteiger partial charge in [-0.1, -0.05) is 65.1 Å². The molecule has 2 heteroatoms. The zero-order valence-electron chi connectivity index (χ0n) is 8.54. The minimum Gasteiger partial charge on any atom is -0.312 e. The van der Waals surface area contributed by atoms with E-state index in [1.807, 2.05) is 0 Å². The molecular formula is C13H14IN. The Balaban J connectivity index is 2.26. The van der Waals surface area contributed by atoms with Crippen LogP contribution in [0, 0.1) is 0 Å². The van der Waals surface area contributed by atoms with Gasteiger partial charge in [0, 0.05) is 17.5 Å². The molecule has 0 bridgehead atoms. The van der Waals surface area contributed by atoms with E-state index in [0.717, 1.165) is 17.5 Å². The number of nitrogens with one attached hydrogen (secondary N) is 1. The third-order valence-corrected chi connectivity index (χ3v) is 3.01. The number of alkyl halides is 1. The summed E-state index contributed by atoms with van der Waals surface area (Å²) in [7, 11) is 0. The maximum Gasteiger partial charge on any atom is 0.0211 e. The summed E-state index contributed by atoms with van der Waals surface area (Å²) in [5.41, 5.74) is 1.39. The highest BCUT2D eigenvalue weighted by atomic mass is 127. The van der Waals surface area contributed by atoms with E-state index in [1.165, 1.54) is 16.3 Å². The van der Waals surface area contributed by atoms with Crippen LogP contribution in [-0.2, 0) is 6.54 Å². The topological polar surface area (TPSA) is 12.0 Å². The highest BCUT2D eigenvalue weighted by molar-refractivity contribution is 14.1. The molecule has 0 spiro atoms. The lowest BCUT2D eigenvalue weighted by Crippen LogP contribution is -2.15. The second kappa shape index (κ2) is 5.47. The number of hydrogen-bond donors (Lipinski definition) is 1. The van der Waals surface area contributed by atoms with Crippen LogP contribution >= 0.6 is 22.6 Å². The van der Waals surface area contributed by atoms with Gasteiger partial charge in [-0.2, -0.15) is 0 Å². The summed E-state index contributed by atoms with van der Waals surface area (Å²) in [5, 5.41) is 6.12. The first-order valence-corrected chi connectivity index (χ1v) is 6.67. The molecule has 1 nitrogen and oxygen atoms in total. The van der Waals surface area contributed by atoms with E-state index in [2.05, 4.69) is 70.4 Å². The van der Waals surface area contributed by atoms with Crippen molar-refractivity contribution in [3.8, 4) is 0 Å². The van der Waals surface area contributed by atoms with Crippen molar-refractivity contribution in [1.82, 2.24) is 5.32 Å². The summed E-state index contributed by atoms with van der Waals surface area (Å²) < 4.78 is 1.16. The van der Waals surface area contributed by atoms with Crippen molar-refractivity contribution in [1.29, 1.82) is 0 Å². The molecule has 0 unspecified atom stereocenters. The van der Waals surface area contributed by atoms with Crippen molar-refractivity contribution < 1.29 is 0 Å². The van der Waals surface area contributed by atoms with Gasteiger partial charge in [-0.25, -0.2) is 0 Å². The van der Waals surface area contributed by atoms with Crippen LogP contribution in [0.4, 0.5) is 0 Å². The first kappa shape index (κ1) is 10.9. The van der Waals surface area contributed by atoms with Gasteiger partial charge in [0.05, 0.1) is 0 Å². The predicted molar refractivity (Wildman–Crippen MR) is 74.5 cm³/mol. The molecule has 0 radical (unpaired) electrons. The van der Waals surface area contributed by atoms with Crippen LogP contribution < -0.4 is 5.32 Å². The van der Waals surface area contributed by atoms with Crippen molar-refractivity contribution in [3.05, 3.63) is 48.0 Å². The van der Waals surface area contributed by atoms with Crippen molar-refractivity contribution in [2.75, 3.05) is 11.0 Å². The van der Waals surface area contributed by atoms with Gasteiger partial charge in [-0.15, -0.1) is 0 Å². The Kier molecular flexibility index (Phi) is 3.97. The fourth-order valence-corrected chi connectivity index (χ4v) is 2.12. The highest BCUT2D eigenvalue weighted by Crippen LogP contribution is 2.17. The Hall–Kier alpha value is -0.610. The minimum absolute atomic E-state index is 0.963. The molecule has 0 fully saturated rings. The lowest BCUT2D eigenvalue weighted by atomic mass is 10.0. The second-order valence-corrected chi connectivity index (χ2v) is 4.58. The standard InChI is InChI=1S/C13H14IN/c14-8-9-15-10-12-6-3-5-11-4-1-2-7-13(11)12/h1-7,15H,8-10H2. The number of halogens is 1. The Morgan fingerprint density at radius 3 is 2.67 bits per heavy atom. The summed E-state index contributed by atoms with van der Waals surface area (Å²) in [5.74, 6) is 0. The average Bonchev–Trinajstić information content (AvgIpc) is 2.30. The SMILES string of the molecule is ICCNCc1cccc2ccccc12. The maximum atomic E-state index is 3.44. The summed E-state index contributed by atoms with van der Waals surface area (Å²) in [6, 6.07) is 15.0. The van der Waals surface area contributed by atoms with Crippen LogP contribution in [0.15, 0.2) is 42.5 Å². The molecule has 0 aliphatic carbocycles. The third kappa shape index (κ3) is 2.69. The van der Waals surface area contributed by atoms with Gasteiger partial charge in [0.15, 0.2) is 0 Å². The molecule has 2 aromatic carbocycles. The molecule has 0 saturated heterocycles. The summed E-state index contributed by atoms with van der Waals surface area (Å²) in [6.45, 7) is 2.04. The minimum atomic E-state index is 0.963. The van der Waals surface area contributed by atoms with E-state index in [-0.39, 0.29) is 0 Å². The molecule has 0 atom stereocenters. The zero-order valence-corrected chi connectivity index (χ0v) is 10.7. The van der Waals surface area contributed by atoms with Gasteiger partial charge in [-0.3, -0.25) is 0 Å². The van der Waals surface area contributed by atoms with Gasteiger partial charge in [0.25, 0.3) is 0 Å². The van der Waals surface area contributed by atoms with E-state index in [0.29, 0.717) is 0 Å². The largest absolute Gasteiger partial charge is 0.312 e. The molecular weight excluding hydrogens is 297 g/mol. The molecule has 0 saturated carbocycles. The van der Waals surface area contributed by atoms with Gasteiger partial charge < -0.3 is 5.32 Å². The van der Waals surface area contributed by atoms with Crippen molar-refractivity contribution in [3.63, 3.8) is 0 Å². The van der Waals surface area contributed by atoms with E-state index in [9.17, 15) is 0 Å². The predicted octanol–water partition coefficient (Wildman–Crippen LogP) is 3.36. The lowest BCUT2D eigenvalue weighted by molar-refractivity contribution is 0.740. The van der Waals surface area contributed by atoms with Crippen molar-refractivity contribution in [2.45, 2.75) is 6.54 Å². The number of rotatable bonds is 4. The van der Waals surface area contributed by atoms with E-state index >= 15 is 0 Å². The Bertz CT molecular complexity index is 434. The molecule has 0 heterocycles. The van der Waals surface area contributed by atoms with Gasteiger partial charge in [0.1, 0.15) is 0 Å². The average molecular weight is 311 g/mol. The second-order valence-electron chi connectivity index (χ2n) is 3.50.